The minimum absolute atomic E-state index is 0.0771. The van der Waals surface area contributed by atoms with E-state index in [1.54, 1.807) is 0 Å². The van der Waals surface area contributed by atoms with Gasteiger partial charge < -0.3 is 14.4 Å². The van der Waals surface area contributed by atoms with E-state index in [-0.39, 0.29) is 18.1 Å². The molecule has 34 heavy (non-hydrogen) atoms. The Balaban J connectivity index is 1.16. The normalized spacial score (nSPS) is 22.9. The van der Waals surface area contributed by atoms with E-state index >= 15 is 0 Å². The number of rotatable bonds is 7. The molecule has 2 aromatic carbocycles. The first-order valence-electron chi connectivity index (χ1n) is 13.1. The number of hydrogen-bond donors (Lipinski definition) is 0. The maximum Gasteiger partial charge on any atom is 0.253 e. The summed E-state index contributed by atoms with van der Waals surface area (Å²) >= 11 is 0. The van der Waals surface area contributed by atoms with Crippen molar-refractivity contribution in [3.63, 3.8) is 0 Å². The highest BCUT2D eigenvalue weighted by molar-refractivity contribution is 5.94. The number of hydrogen-bond acceptors (Lipinski definition) is 4. The number of amides is 1. The van der Waals surface area contributed by atoms with Crippen LogP contribution in [0.2, 0.25) is 0 Å². The predicted molar refractivity (Wildman–Crippen MR) is 134 cm³/mol. The third kappa shape index (κ3) is 5.64. The first kappa shape index (κ1) is 23.4. The van der Waals surface area contributed by atoms with E-state index in [9.17, 15) is 4.79 Å². The monoisotopic (exact) mass is 462 g/mol. The molecule has 2 aliphatic heterocycles. The first-order valence-corrected chi connectivity index (χ1v) is 13.1. The number of likely N-dealkylation sites (tertiary alicyclic amines) is 1. The van der Waals surface area contributed by atoms with Crippen molar-refractivity contribution in [2.45, 2.75) is 70.1 Å². The van der Waals surface area contributed by atoms with Gasteiger partial charge in [0, 0.05) is 31.8 Å². The number of carbonyl (C=O) groups excluding carboxylic acids is 1. The average Bonchev–Trinajstić information content (AvgIpc) is 3.47. The SMILES string of the molecule is CN(C(=O)c1ccc(OCC2CCCO2)cc1)C1Cc2ccc(CN3CCCCCC3)cc2C1. The van der Waals surface area contributed by atoms with Crippen molar-refractivity contribution < 1.29 is 14.3 Å². The molecule has 1 amide bonds. The molecule has 5 rings (SSSR count). The number of ether oxygens (including phenoxy) is 2. The van der Waals surface area contributed by atoms with Crippen LogP contribution in [0.15, 0.2) is 42.5 Å². The van der Waals surface area contributed by atoms with Crippen molar-refractivity contribution >= 4 is 5.91 Å². The highest BCUT2D eigenvalue weighted by Crippen LogP contribution is 2.28. The largest absolute Gasteiger partial charge is 0.491 e. The van der Waals surface area contributed by atoms with Crippen molar-refractivity contribution in [3.05, 3.63) is 64.7 Å². The van der Waals surface area contributed by atoms with Crippen LogP contribution in [0.4, 0.5) is 0 Å². The molecule has 2 unspecified atom stereocenters. The zero-order valence-corrected chi connectivity index (χ0v) is 20.5. The number of nitrogens with zero attached hydrogens (tertiary/aromatic N) is 2. The van der Waals surface area contributed by atoms with Crippen molar-refractivity contribution in [1.29, 1.82) is 0 Å². The zero-order chi connectivity index (χ0) is 23.3. The Morgan fingerprint density at radius 1 is 1.00 bits per heavy atom. The third-order valence-corrected chi connectivity index (χ3v) is 7.72. The molecule has 5 nitrogen and oxygen atoms in total. The van der Waals surface area contributed by atoms with E-state index in [4.69, 9.17) is 9.47 Å². The quantitative estimate of drug-likeness (QED) is 0.589. The summed E-state index contributed by atoms with van der Waals surface area (Å²) < 4.78 is 11.5. The Kier molecular flexibility index (Phi) is 7.51. The van der Waals surface area contributed by atoms with Crippen LogP contribution >= 0.6 is 0 Å². The van der Waals surface area contributed by atoms with E-state index in [0.717, 1.165) is 44.6 Å². The topological polar surface area (TPSA) is 42.0 Å². The fourth-order valence-electron chi connectivity index (χ4n) is 5.60. The van der Waals surface area contributed by atoms with Gasteiger partial charge in [0.2, 0.25) is 0 Å². The van der Waals surface area contributed by atoms with E-state index in [0.29, 0.717) is 12.2 Å². The van der Waals surface area contributed by atoms with E-state index in [1.807, 2.05) is 36.2 Å². The molecule has 2 atom stereocenters. The van der Waals surface area contributed by atoms with Crippen LogP contribution in [0.1, 0.15) is 65.6 Å². The number of benzene rings is 2. The lowest BCUT2D eigenvalue weighted by molar-refractivity contribution is 0.0678. The molecule has 0 saturated carbocycles. The molecule has 2 fully saturated rings. The summed E-state index contributed by atoms with van der Waals surface area (Å²) in [5.74, 6) is 0.869. The molecule has 5 heteroatoms. The molecular formula is C29H38N2O3. The molecule has 0 N–H and O–H groups in total. The number of likely N-dealkylation sites (N-methyl/N-ethyl adjacent to an activating group) is 1. The smallest absolute Gasteiger partial charge is 0.253 e. The Bertz CT molecular complexity index is 960. The second-order valence-corrected chi connectivity index (χ2v) is 10.2. The van der Waals surface area contributed by atoms with Gasteiger partial charge in [-0.05, 0) is 92.6 Å². The Labute approximate surface area is 204 Å². The van der Waals surface area contributed by atoms with Crippen LogP contribution in [0, 0.1) is 0 Å². The molecule has 2 aromatic rings. The summed E-state index contributed by atoms with van der Waals surface area (Å²) in [5, 5.41) is 0. The summed E-state index contributed by atoms with van der Waals surface area (Å²) in [5.41, 5.74) is 4.93. The second-order valence-electron chi connectivity index (χ2n) is 10.2. The van der Waals surface area contributed by atoms with Gasteiger partial charge in [-0.25, -0.2) is 0 Å². The highest BCUT2D eigenvalue weighted by Gasteiger charge is 2.28. The Hall–Kier alpha value is -2.37. The van der Waals surface area contributed by atoms with Gasteiger partial charge >= 0.3 is 0 Å². The molecule has 2 heterocycles. The van der Waals surface area contributed by atoms with Crippen LogP contribution in [-0.2, 0) is 24.1 Å². The van der Waals surface area contributed by atoms with Crippen molar-refractivity contribution in [3.8, 4) is 5.75 Å². The Morgan fingerprint density at radius 2 is 1.76 bits per heavy atom. The minimum atomic E-state index is 0.0771. The maximum absolute atomic E-state index is 13.2. The lowest BCUT2D eigenvalue weighted by Crippen LogP contribution is -2.37. The fourth-order valence-corrected chi connectivity index (χ4v) is 5.60. The van der Waals surface area contributed by atoms with Gasteiger partial charge in [0.05, 0.1) is 6.10 Å². The van der Waals surface area contributed by atoms with Gasteiger partial charge in [0.1, 0.15) is 12.4 Å². The van der Waals surface area contributed by atoms with Gasteiger partial charge in [0.25, 0.3) is 5.91 Å². The molecule has 1 aliphatic carbocycles. The van der Waals surface area contributed by atoms with Gasteiger partial charge in [-0.1, -0.05) is 31.0 Å². The third-order valence-electron chi connectivity index (χ3n) is 7.72. The fraction of sp³-hybridized carbons (Fsp3) is 0.552. The number of carbonyl (C=O) groups is 1. The molecule has 0 aromatic heterocycles. The zero-order valence-electron chi connectivity index (χ0n) is 20.5. The van der Waals surface area contributed by atoms with Crippen molar-refractivity contribution in [2.24, 2.45) is 0 Å². The summed E-state index contributed by atoms with van der Waals surface area (Å²) in [7, 11) is 1.94. The lowest BCUT2D eigenvalue weighted by Gasteiger charge is -2.24. The second kappa shape index (κ2) is 10.9. The summed E-state index contributed by atoms with van der Waals surface area (Å²) in [6.07, 6.45) is 9.62. The van der Waals surface area contributed by atoms with Crippen LogP contribution in [-0.4, -0.2) is 61.2 Å². The maximum atomic E-state index is 13.2. The van der Waals surface area contributed by atoms with E-state index in [1.165, 1.54) is 55.5 Å². The van der Waals surface area contributed by atoms with Gasteiger partial charge in [-0.3, -0.25) is 9.69 Å². The van der Waals surface area contributed by atoms with E-state index < -0.39 is 0 Å². The summed E-state index contributed by atoms with van der Waals surface area (Å²) in [4.78, 5) is 17.7. The molecule has 3 aliphatic rings. The van der Waals surface area contributed by atoms with Gasteiger partial charge in [-0.2, -0.15) is 0 Å². The average molecular weight is 463 g/mol. The molecule has 0 radical (unpaired) electrons. The minimum Gasteiger partial charge on any atom is -0.491 e. The standard InChI is InChI=1S/C29H38N2O3/c1-30(29(32)23-10-12-27(13-11-23)34-21-28-7-6-16-33-28)26-18-24-9-8-22(17-25(24)19-26)20-31-14-4-2-3-5-15-31/h8-13,17,26,28H,2-7,14-16,18-21H2,1H3. The van der Waals surface area contributed by atoms with Crippen LogP contribution < -0.4 is 4.74 Å². The lowest BCUT2D eigenvalue weighted by atomic mass is 10.1. The van der Waals surface area contributed by atoms with Gasteiger partial charge in [0.15, 0.2) is 0 Å². The summed E-state index contributed by atoms with van der Waals surface area (Å²) in [6, 6.07) is 14.7. The van der Waals surface area contributed by atoms with Crippen molar-refractivity contribution in [2.75, 3.05) is 33.4 Å². The summed E-state index contributed by atoms with van der Waals surface area (Å²) in [6.45, 7) is 4.89. The highest BCUT2D eigenvalue weighted by atomic mass is 16.5. The molecular weight excluding hydrogens is 424 g/mol. The number of fused-ring (bicyclic) bond motifs is 1. The molecule has 2 saturated heterocycles. The van der Waals surface area contributed by atoms with E-state index in [2.05, 4.69) is 23.1 Å². The van der Waals surface area contributed by atoms with Crippen molar-refractivity contribution in [1.82, 2.24) is 9.80 Å². The van der Waals surface area contributed by atoms with Crippen LogP contribution in [0.3, 0.4) is 0 Å². The molecule has 0 bridgehead atoms. The van der Waals surface area contributed by atoms with Crippen LogP contribution in [0.25, 0.3) is 0 Å². The first-order chi connectivity index (χ1) is 16.7. The Morgan fingerprint density at radius 3 is 2.50 bits per heavy atom. The van der Waals surface area contributed by atoms with Gasteiger partial charge in [-0.15, -0.1) is 0 Å². The molecule has 0 spiro atoms. The van der Waals surface area contributed by atoms with Crippen LogP contribution in [0.5, 0.6) is 5.75 Å². The molecule has 182 valence electrons. The predicted octanol–water partition coefficient (Wildman–Crippen LogP) is 4.86.